The molecule has 0 aromatic carbocycles. The predicted molar refractivity (Wildman–Crippen MR) is 104 cm³/mol. The van der Waals surface area contributed by atoms with Crippen molar-refractivity contribution < 1.29 is 9.59 Å². The van der Waals surface area contributed by atoms with E-state index < -0.39 is 6.04 Å². The zero-order valence-corrected chi connectivity index (χ0v) is 15.6. The lowest BCUT2D eigenvalue weighted by Gasteiger charge is -2.15. The molecule has 1 aliphatic heterocycles. The molecule has 0 bridgehead atoms. The van der Waals surface area contributed by atoms with Crippen LogP contribution in [-0.2, 0) is 24.3 Å². The Balaban J connectivity index is 1.36. The normalized spacial score (nSPS) is 14.8. The Kier molecular flexibility index (Phi) is 5.41. The second kappa shape index (κ2) is 8.46. The van der Waals surface area contributed by atoms with Crippen molar-refractivity contribution in [2.24, 2.45) is 0 Å². The van der Waals surface area contributed by atoms with Gasteiger partial charge in [0.1, 0.15) is 11.9 Å². The first-order valence-electron chi connectivity index (χ1n) is 9.25. The van der Waals surface area contributed by atoms with E-state index in [2.05, 4.69) is 36.1 Å². The van der Waals surface area contributed by atoms with Gasteiger partial charge in [-0.2, -0.15) is 0 Å². The number of anilines is 1. The highest BCUT2D eigenvalue weighted by molar-refractivity contribution is 5.88. The summed E-state index contributed by atoms with van der Waals surface area (Å²) >= 11 is 0. The average Bonchev–Trinajstić information content (AvgIpc) is 3.34. The maximum Gasteiger partial charge on any atom is 0.319 e. The Morgan fingerprint density at radius 1 is 1.03 bits per heavy atom. The lowest BCUT2D eigenvalue weighted by Crippen LogP contribution is -2.33. The molecule has 3 amide bonds. The summed E-state index contributed by atoms with van der Waals surface area (Å²) in [6.45, 7) is 0.563. The number of amides is 3. The molecule has 0 aliphatic carbocycles. The second-order valence-corrected chi connectivity index (χ2v) is 6.59. The zero-order chi connectivity index (χ0) is 20.1. The molecule has 1 atom stereocenters. The van der Waals surface area contributed by atoms with Crippen LogP contribution in [0.15, 0.2) is 49.1 Å². The molecule has 3 aromatic rings. The number of nitrogens with one attached hydrogen (secondary N) is 3. The third-order valence-electron chi connectivity index (χ3n) is 4.61. The van der Waals surface area contributed by atoms with Gasteiger partial charge in [-0.25, -0.2) is 4.79 Å². The molecule has 0 saturated carbocycles. The van der Waals surface area contributed by atoms with Crippen LogP contribution in [0.4, 0.5) is 10.5 Å². The highest BCUT2D eigenvalue weighted by Crippen LogP contribution is 2.26. The van der Waals surface area contributed by atoms with Crippen LogP contribution in [0.2, 0.25) is 0 Å². The first-order chi connectivity index (χ1) is 14.2. The molecule has 0 fully saturated rings. The fraction of sp³-hybridized carbons (Fsp3) is 0.263. The molecule has 10 nitrogen and oxygen atoms in total. The summed E-state index contributed by atoms with van der Waals surface area (Å²) in [6, 6.07) is 6.43. The molecule has 3 N–H and O–H groups in total. The van der Waals surface area contributed by atoms with Crippen molar-refractivity contribution in [3.05, 3.63) is 66.3 Å². The van der Waals surface area contributed by atoms with E-state index in [1.54, 1.807) is 36.9 Å². The predicted octanol–water partition coefficient (Wildman–Crippen LogP) is 1.19. The molecule has 0 saturated heterocycles. The van der Waals surface area contributed by atoms with Gasteiger partial charge in [-0.15, -0.1) is 10.2 Å². The van der Waals surface area contributed by atoms with E-state index in [0.717, 1.165) is 11.4 Å². The quantitative estimate of drug-likeness (QED) is 0.578. The molecule has 148 valence electrons. The van der Waals surface area contributed by atoms with Crippen molar-refractivity contribution in [3.8, 4) is 0 Å². The number of pyridine rings is 2. The van der Waals surface area contributed by atoms with Gasteiger partial charge in [0.15, 0.2) is 5.82 Å². The number of aromatic nitrogens is 5. The minimum absolute atomic E-state index is 0.103. The Morgan fingerprint density at radius 2 is 1.86 bits per heavy atom. The molecule has 1 unspecified atom stereocenters. The molecule has 4 rings (SSSR count). The molecule has 1 aliphatic rings. The van der Waals surface area contributed by atoms with Crippen LogP contribution in [0.5, 0.6) is 0 Å². The van der Waals surface area contributed by atoms with Crippen LogP contribution in [0.3, 0.4) is 0 Å². The van der Waals surface area contributed by atoms with Crippen LogP contribution < -0.4 is 16.0 Å². The topological polar surface area (TPSA) is 127 Å². The van der Waals surface area contributed by atoms with Gasteiger partial charge in [-0.3, -0.25) is 14.8 Å². The van der Waals surface area contributed by atoms with E-state index in [-0.39, 0.29) is 18.5 Å². The molecular weight excluding hydrogens is 372 g/mol. The van der Waals surface area contributed by atoms with Crippen molar-refractivity contribution in [1.29, 1.82) is 0 Å². The zero-order valence-electron chi connectivity index (χ0n) is 15.6. The number of carbonyl (C=O) groups is 2. The first kappa shape index (κ1) is 18.5. The van der Waals surface area contributed by atoms with E-state index in [1.807, 2.05) is 16.7 Å². The summed E-state index contributed by atoms with van der Waals surface area (Å²) in [6.07, 6.45) is 7.91. The second-order valence-electron chi connectivity index (χ2n) is 6.59. The number of hydrogen-bond donors (Lipinski definition) is 3. The van der Waals surface area contributed by atoms with Gasteiger partial charge in [0.05, 0.1) is 18.4 Å². The van der Waals surface area contributed by atoms with Gasteiger partial charge in [0.25, 0.3) is 0 Å². The van der Waals surface area contributed by atoms with Gasteiger partial charge < -0.3 is 20.5 Å². The van der Waals surface area contributed by atoms with Gasteiger partial charge >= 0.3 is 6.03 Å². The van der Waals surface area contributed by atoms with E-state index in [0.29, 0.717) is 30.9 Å². The standard InChI is InChI=1S/C19H20N8O2/c28-18(22-10-13-3-1-7-20-9-13)15-5-6-16-25-26-17(27(15)16)12-23-19(29)24-14-4-2-8-21-11-14/h1-4,7-9,11,15H,5-6,10,12H2,(H,22,28)(H2,23,24,29). The maximum absolute atomic E-state index is 12.7. The summed E-state index contributed by atoms with van der Waals surface area (Å²) in [5.41, 5.74) is 1.51. The van der Waals surface area contributed by atoms with Gasteiger partial charge in [-0.1, -0.05) is 6.07 Å². The number of fused-ring (bicyclic) bond motifs is 1. The lowest BCUT2D eigenvalue weighted by atomic mass is 10.2. The van der Waals surface area contributed by atoms with Crippen LogP contribution in [-0.4, -0.2) is 36.7 Å². The Hall–Kier alpha value is -3.82. The molecule has 0 radical (unpaired) electrons. The number of rotatable bonds is 6. The monoisotopic (exact) mass is 392 g/mol. The number of carbonyl (C=O) groups excluding carboxylic acids is 2. The highest BCUT2D eigenvalue weighted by atomic mass is 16.2. The Labute approximate surface area is 166 Å². The molecular formula is C19H20N8O2. The number of hydrogen-bond acceptors (Lipinski definition) is 6. The van der Waals surface area contributed by atoms with Crippen molar-refractivity contribution in [3.63, 3.8) is 0 Å². The van der Waals surface area contributed by atoms with Crippen molar-refractivity contribution in [2.75, 3.05) is 5.32 Å². The van der Waals surface area contributed by atoms with Gasteiger partial charge in [0.2, 0.25) is 5.91 Å². The third-order valence-corrected chi connectivity index (χ3v) is 4.61. The number of urea groups is 1. The summed E-state index contributed by atoms with van der Waals surface area (Å²) in [5.74, 6) is 1.19. The molecule has 29 heavy (non-hydrogen) atoms. The van der Waals surface area contributed by atoms with Crippen molar-refractivity contribution >= 4 is 17.6 Å². The van der Waals surface area contributed by atoms with E-state index in [9.17, 15) is 9.59 Å². The molecule has 3 aromatic heterocycles. The van der Waals surface area contributed by atoms with Crippen molar-refractivity contribution in [1.82, 2.24) is 35.4 Å². The molecule has 4 heterocycles. The highest BCUT2D eigenvalue weighted by Gasteiger charge is 2.32. The van der Waals surface area contributed by atoms with Gasteiger partial charge in [0, 0.05) is 31.6 Å². The Morgan fingerprint density at radius 3 is 2.62 bits per heavy atom. The third kappa shape index (κ3) is 4.37. The van der Waals surface area contributed by atoms with Crippen molar-refractivity contribution in [2.45, 2.75) is 32.0 Å². The fourth-order valence-electron chi connectivity index (χ4n) is 3.24. The summed E-state index contributed by atoms with van der Waals surface area (Å²) < 4.78 is 1.81. The lowest BCUT2D eigenvalue weighted by molar-refractivity contribution is -0.124. The maximum atomic E-state index is 12.7. The fourth-order valence-corrected chi connectivity index (χ4v) is 3.24. The van der Waals surface area contributed by atoms with Crippen LogP contribution in [0.1, 0.15) is 29.7 Å². The van der Waals surface area contributed by atoms with Gasteiger partial charge in [-0.05, 0) is 30.2 Å². The summed E-state index contributed by atoms with van der Waals surface area (Å²) in [5, 5.41) is 16.6. The van der Waals surface area contributed by atoms with Crippen LogP contribution in [0.25, 0.3) is 0 Å². The molecule has 0 spiro atoms. The smallest absolute Gasteiger partial charge is 0.319 e. The minimum Gasteiger partial charge on any atom is -0.350 e. The number of nitrogens with zero attached hydrogens (tertiary/aromatic N) is 5. The van der Waals surface area contributed by atoms with Crippen LogP contribution >= 0.6 is 0 Å². The summed E-state index contributed by atoms with van der Waals surface area (Å²) in [7, 11) is 0. The first-order valence-corrected chi connectivity index (χ1v) is 9.25. The van der Waals surface area contributed by atoms with E-state index in [4.69, 9.17) is 0 Å². The Bertz CT molecular complexity index is 990. The minimum atomic E-state index is -0.394. The van der Waals surface area contributed by atoms with E-state index in [1.165, 1.54) is 0 Å². The average molecular weight is 392 g/mol. The van der Waals surface area contributed by atoms with E-state index >= 15 is 0 Å². The SMILES string of the molecule is O=C(NCc1nnc2n1C(C(=O)NCc1cccnc1)CC2)Nc1cccnc1. The van der Waals surface area contributed by atoms with Crippen LogP contribution in [0, 0.1) is 0 Å². The number of aryl methyl sites for hydroxylation is 1. The largest absolute Gasteiger partial charge is 0.350 e. The summed E-state index contributed by atoms with van der Waals surface area (Å²) in [4.78, 5) is 32.8. The molecule has 10 heteroatoms.